The van der Waals surface area contributed by atoms with Gasteiger partial charge in [-0.2, -0.15) is 0 Å². The van der Waals surface area contributed by atoms with Gasteiger partial charge in [-0.05, 0) is 318 Å². The lowest BCUT2D eigenvalue weighted by Crippen LogP contribution is -2.30. The molecule has 27 nitrogen and oxygen atoms in total. The van der Waals surface area contributed by atoms with Crippen molar-refractivity contribution in [2.75, 3.05) is 127 Å². The van der Waals surface area contributed by atoms with Crippen LogP contribution in [0.15, 0.2) is 225 Å². The highest BCUT2D eigenvalue weighted by Gasteiger charge is 2.47. The molecule has 18 atom stereocenters. The number of nitrogens with zero attached hydrogens (tertiary/aromatic N) is 8. The summed E-state index contributed by atoms with van der Waals surface area (Å²) in [7, 11) is 6.64. The molecule has 5 saturated carbocycles. The number of aliphatic hydroxyl groups is 3. The van der Waals surface area contributed by atoms with Crippen LogP contribution in [0, 0.1) is 66.1 Å². The van der Waals surface area contributed by atoms with Gasteiger partial charge in [0, 0.05) is 90.6 Å². The second-order valence-corrected chi connectivity index (χ2v) is 38.0. The van der Waals surface area contributed by atoms with Crippen molar-refractivity contribution in [2.45, 2.75) is 120 Å². The first-order chi connectivity index (χ1) is 65.0. The number of likely N-dealkylation sites (tertiary alicyclic amines) is 5. The van der Waals surface area contributed by atoms with Gasteiger partial charge in [0.1, 0.15) is 98.4 Å². The lowest BCUT2D eigenvalue weighted by atomic mass is 10.0. The van der Waals surface area contributed by atoms with E-state index in [0.29, 0.717) is 121 Å². The van der Waals surface area contributed by atoms with E-state index in [0.717, 1.165) is 187 Å². The van der Waals surface area contributed by atoms with Gasteiger partial charge in [0.15, 0.2) is 11.6 Å². The van der Waals surface area contributed by atoms with Gasteiger partial charge in [-0.3, -0.25) is 44.1 Å². The number of hydrogen-bond acceptors (Lipinski definition) is 27. The first kappa shape index (κ1) is 95.4. The van der Waals surface area contributed by atoms with Crippen molar-refractivity contribution in [2.24, 2.45) is 59.2 Å². The Morgan fingerprint density at radius 2 is 0.537 bits per heavy atom. The maximum atomic E-state index is 12.4. The van der Waals surface area contributed by atoms with E-state index >= 15 is 0 Å². The fourth-order valence-corrected chi connectivity index (χ4v) is 21.8. The number of aliphatic hydroxyl groups excluding tert-OH is 3. The zero-order valence-corrected chi connectivity index (χ0v) is 77.1. The molecular formula is C107H128N8O19. The topological polar surface area (TPSA) is 334 Å². The predicted molar refractivity (Wildman–Crippen MR) is 506 cm³/mol. The maximum absolute atomic E-state index is 12.4. The number of methoxy groups -OCH3 is 4. The summed E-state index contributed by atoms with van der Waals surface area (Å²) in [6, 6.07) is 62.2. The Morgan fingerprint density at radius 3 is 0.813 bits per heavy atom. The number of carbonyl (C=O) groups excluding carboxylic acids is 2. The van der Waals surface area contributed by atoms with Crippen LogP contribution in [0.5, 0.6) is 80.5 Å². The lowest BCUT2D eigenvalue weighted by molar-refractivity contribution is 0.0925. The summed E-state index contributed by atoms with van der Waals surface area (Å²) in [5.74, 6) is 14.9. The molecule has 8 unspecified atom stereocenters. The number of aromatic hydroxyl groups is 5. The predicted octanol–water partition coefficient (Wildman–Crippen LogP) is 14.9. The minimum absolute atomic E-state index is 0.000932. The number of fused-ring (bicyclic) bond motifs is 5. The van der Waals surface area contributed by atoms with Crippen LogP contribution in [-0.4, -0.2) is 249 Å². The number of hydrogen-bond donors (Lipinski definition) is 8. The first-order valence-electron chi connectivity index (χ1n) is 47.2. The third-order valence-electron chi connectivity index (χ3n) is 28.4. The van der Waals surface area contributed by atoms with Gasteiger partial charge in [-0.25, -0.2) is 4.98 Å². The third kappa shape index (κ3) is 26.0. The molecule has 134 heavy (non-hydrogen) atoms. The van der Waals surface area contributed by atoms with E-state index < -0.39 is 18.3 Å². The summed E-state index contributed by atoms with van der Waals surface area (Å²) < 4.78 is 51.5. The van der Waals surface area contributed by atoms with Crippen LogP contribution in [0.1, 0.15) is 126 Å². The van der Waals surface area contributed by atoms with Crippen LogP contribution in [0.4, 0.5) is 0 Å². The average molecular weight is 1830 g/mol. The number of carbonyl (C=O) groups is 2. The van der Waals surface area contributed by atoms with E-state index in [-0.39, 0.29) is 64.7 Å². The summed E-state index contributed by atoms with van der Waals surface area (Å²) in [6.45, 7) is 14.5. The zero-order chi connectivity index (χ0) is 93.3. The van der Waals surface area contributed by atoms with E-state index in [9.17, 15) is 50.4 Å². The summed E-state index contributed by atoms with van der Waals surface area (Å²) in [5.41, 5.74) is 4.38. The lowest BCUT2D eigenvalue weighted by Gasteiger charge is -2.22. The number of ether oxygens (including phenoxy) is 9. The van der Waals surface area contributed by atoms with Gasteiger partial charge in [0.05, 0.1) is 108 Å². The smallest absolute Gasteiger partial charge is 0.195 e. The van der Waals surface area contributed by atoms with Gasteiger partial charge in [-0.15, -0.1) is 0 Å². The van der Waals surface area contributed by atoms with Gasteiger partial charge in [0.2, 0.25) is 0 Å². The molecule has 3 aromatic heterocycles. The minimum Gasteiger partial charge on any atom is -0.508 e. The number of aromatic nitrogens is 3. The van der Waals surface area contributed by atoms with Crippen LogP contribution in [0.25, 0.3) is 0 Å². The molecule has 0 bridgehead atoms. The second kappa shape index (κ2) is 45.0. The largest absolute Gasteiger partial charge is 0.508 e. The van der Waals surface area contributed by atoms with Crippen molar-refractivity contribution < 1.29 is 93.1 Å². The number of ketones is 2. The van der Waals surface area contributed by atoms with Crippen LogP contribution < -0.4 is 42.6 Å². The van der Waals surface area contributed by atoms with Crippen molar-refractivity contribution in [1.29, 1.82) is 0 Å². The highest BCUT2D eigenvalue weighted by atomic mass is 16.5. The summed E-state index contributed by atoms with van der Waals surface area (Å²) in [4.78, 5) is 48.5. The molecule has 10 fully saturated rings. The quantitative estimate of drug-likeness (QED) is 0.0202. The Morgan fingerprint density at radius 1 is 0.291 bits per heavy atom. The number of rotatable bonds is 29. The molecule has 0 spiro atoms. The Bertz CT molecular complexity index is 5010. The van der Waals surface area contributed by atoms with Gasteiger partial charge in [0.25, 0.3) is 0 Å². The SMILES string of the molecule is COc1ccc(OC2C[C@@H]3CN(CC(=O)c4ccc(O)cc4)C[C@@H]3C2)cc1.COc1ccc(OC2C[C@@H]3CN(CC(=O)c4ccc(O)cn4)C[C@@H]3C2)cc1.COc1ccc(OC2C[C@@H]3CN(CC(O)c4ccc(O)cc4)C[C@@H]3C2)cc1.COc1ccc(OC2C[C@@H]3CN(CC(O)c4ccc(O)cn4)C[C@@H]3C2)cc1.Cc1ccc(OC2C[C@@H]3CN(CC(O)c4ccc(O)cn4)C[C@@H]3C2)cc1. The van der Waals surface area contributed by atoms with Crippen LogP contribution >= 0.6 is 0 Å². The van der Waals surface area contributed by atoms with E-state index in [4.69, 9.17) is 42.6 Å². The Hall–Kier alpha value is -11.8. The summed E-state index contributed by atoms with van der Waals surface area (Å²) >= 11 is 0. The molecule has 8 N–H and O–H groups in total. The van der Waals surface area contributed by atoms with E-state index in [2.05, 4.69) is 70.6 Å². The Kier molecular flexibility index (Phi) is 32.1. The number of aryl methyl sites for hydroxylation is 1. The molecule has 0 radical (unpaired) electrons. The third-order valence-corrected chi connectivity index (χ3v) is 28.4. The van der Waals surface area contributed by atoms with Gasteiger partial charge >= 0.3 is 0 Å². The van der Waals surface area contributed by atoms with E-state index in [1.807, 2.05) is 97.1 Å². The molecule has 7 aromatic carbocycles. The number of pyridine rings is 3. The number of phenolic OH excluding ortho intramolecular Hbond substituents is 2. The Labute approximate surface area is 784 Å². The molecule has 5 saturated heterocycles. The van der Waals surface area contributed by atoms with Crippen molar-refractivity contribution in [3.63, 3.8) is 0 Å². The van der Waals surface area contributed by atoms with Crippen molar-refractivity contribution in [3.05, 3.63) is 259 Å². The monoisotopic (exact) mass is 1830 g/mol. The van der Waals surface area contributed by atoms with Gasteiger partial charge < -0.3 is 83.5 Å². The fraction of sp³-hybridized carbons (Fsp3) is 0.449. The Balaban J connectivity index is 0.000000122. The van der Waals surface area contributed by atoms with Crippen molar-refractivity contribution >= 4 is 11.6 Å². The van der Waals surface area contributed by atoms with E-state index in [1.54, 1.807) is 107 Å². The minimum atomic E-state index is -0.629. The first-order valence-corrected chi connectivity index (χ1v) is 47.2. The molecule has 5 aliphatic heterocycles. The molecule has 710 valence electrons. The second-order valence-electron chi connectivity index (χ2n) is 38.0. The molecule has 0 amide bonds. The summed E-state index contributed by atoms with van der Waals surface area (Å²) in [5, 5.41) is 77.9. The number of Topliss-reactive ketones (excluding diaryl/α,β-unsaturated/α-hetero) is 2. The summed E-state index contributed by atoms with van der Waals surface area (Å²) in [6.07, 6.45) is 14.2. The standard InChI is InChI=1S/C22H27NO4.C22H25NO4.C21H26N2O4.C21H24N2O4.C21H26N2O3/c2*1-26-19-6-8-20(9-7-19)27-21-10-16-12-23(13-17(16)11-21)14-22(25)15-2-4-18(24)5-3-15;2*1-26-17-3-5-18(6-4-17)27-19-8-14-11-23(12-15(14)9-19)13-21(25)20-7-2-16(24)10-22-20;1-14-2-5-18(6-3-14)26-19-8-15-11-23(12-16(15)9-19)13-21(25)20-7-4-17(24)10-22-20/h2-9,16-17,21-22,24-25H,10-14H2,1H3;2-9,16-17,21,24H,10-14H2,1H3;2-7,10,14-15,19,21,24-25H,8-9,11-13H2,1H3;2-7,10,14-15,19,24H,8-9,11-13H2,1H3;2-7,10,15-16,19,21,24-25H,8-9,11-13H2,1H3/t16-,17+,21?,22?;16-,17+,21?;14-,15+,19?,21?;14-,15+,19?;15-,16+,19?,21?. The molecule has 5 aliphatic carbocycles. The molecule has 20 rings (SSSR count). The average Bonchev–Trinajstić information content (AvgIpc) is 1.68. The fourth-order valence-electron chi connectivity index (χ4n) is 21.8. The van der Waals surface area contributed by atoms with E-state index in [1.165, 1.54) is 30.2 Å². The van der Waals surface area contributed by atoms with Gasteiger partial charge in [-0.1, -0.05) is 29.8 Å². The van der Waals surface area contributed by atoms with Crippen molar-refractivity contribution in [3.8, 4) is 80.5 Å². The highest BCUT2D eigenvalue weighted by Crippen LogP contribution is 2.46. The van der Waals surface area contributed by atoms with Crippen LogP contribution in [0.3, 0.4) is 0 Å². The molecular weight excluding hydrogens is 1700 g/mol. The number of phenols is 2. The molecule has 10 aliphatic rings. The molecule has 8 heterocycles. The number of β-amino-alcohol motifs (C(OH)–C–C–N with tert-alkyl or cyclic N) is 3. The highest BCUT2D eigenvalue weighted by molar-refractivity contribution is 5.97. The van der Waals surface area contributed by atoms with Crippen LogP contribution in [0.2, 0.25) is 0 Å². The molecule has 10 aromatic rings. The molecule has 27 heteroatoms. The number of benzene rings is 7. The van der Waals surface area contributed by atoms with Crippen LogP contribution in [-0.2, 0) is 0 Å². The maximum Gasteiger partial charge on any atom is 0.195 e. The zero-order valence-electron chi connectivity index (χ0n) is 77.1. The van der Waals surface area contributed by atoms with Crippen molar-refractivity contribution in [1.82, 2.24) is 39.5 Å². The normalized spacial score (nSPS) is 25.5.